The van der Waals surface area contributed by atoms with Crippen molar-refractivity contribution < 1.29 is 19.6 Å². The van der Waals surface area contributed by atoms with Crippen molar-refractivity contribution in [2.75, 3.05) is 6.61 Å². The molecule has 1 unspecified atom stereocenters. The maximum atomic E-state index is 11.6. The van der Waals surface area contributed by atoms with E-state index < -0.39 is 17.0 Å². The fraction of sp³-hybridized carbons (Fsp3) is 0.562. The number of hydrogen-bond donors (Lipinski definition) is 1. The van der Waals surface area contributed by atoms with Crippen LogP contribution < -0.4 is 0 Å². The number of esters is 1. The zero-order valence-corrected chi connectivity index (χ0v) is 12.7. The molecule has 0 radical (unpaired) electrons. The third-order valence-electron chi connectivity index (χ3n) is 4.12. The lowest BCUT2D eigenvalue weighted by molar-refractivity contribution is -0.385. The SMILES string of the molecule is CCOC(=O)C(O)c1ccc(C2CCCCC2)c([N+](=O)[O-])c1. The lowest BCUT2D eigenvalue weighted by Gasteiger charge is -2.22. The number of ether oxygens (including phenoxy) is 1. The van der Waals surface area contributed by atoms with Gasteiger partial charge in [-0.25, -0.2) is 4.79 Å². The third-order valence-corrected chi connectivity index (χ3v) is 4.12. The lowest BCUT2D eigenvalue weighted by Crippen LogP contribution is -2.16. The van der Waals surface area contributed by atoms with Crippen LogP contribution >= 0.6 is 0 Å². The van der Waals surface area contributed by atoms with Crippen LogP contribution in [0.4, 0.5) is 5.69 Å². The minimum absolute atomic E-state index is 0.0206. The maximum absolute atomic E-state index is 11.6. The summed E-state index contributed by atoms with van der Waals surface area (Å²) in [6, 6.07) is 4.55. The maximum Gasteiger partial charge on any atom is 0.339 e. The minimum Gasteiger partial charge on any atom is -0.464 e. The molecule has 0 aliphatic heterocycles. The molecular weight excluding hydrogens is 286 g/mol. The van der Waals surface area contributed by atoms with Crippen molar-refractivity contribution in [2.45, 2.75) is 51.0 Å². The van der Waals surface area contributed by atoms with Gasteiger partial charge in [0.15, 0.2) is 6.10 Å². The molecule has 1 saturated carbocycles. The van der Waals surface area contributed by atoms with E-state index in [-0.39, 0.29) is 23.8 Å². The van der Waals surface area contributed by atoms with Crippen LogP contribution in [0.2, 0.25) is 0 Å². The highest BCUT2D eigenvalue weighted by Gasteiger charge is 2.27. The van der Waals surface area contributed by atoms with Gasteiger partial charge in [0.2, 0.25) is 0 Å². The van der Waals surface area contributed by atoms with Gasteiger partial charge >= 0.3 is 5.97 Å². The van der Waals surface area contributed by atoms with Gasteiger partial charge in [-0.15, -0.1) is 0 Å². The van der Waals surface area contributed by atoms with E-state index in [1.807, 2.05) is 0 Å². The smallest absolute Gasteiger partial charge is 0.339 e. The standard InChI is InChI=1S/C16H21NO5/c1-2-22-16(19)15(18)12-8-9-13(14(10-12)17(20)21)11-6-4-3-5-7-11/h8-11,15,18H,2-7H2,1H3. The van der Waals surface area contributed by atoms with E-state index in [0.717, 1.165) is 25.7 Å². The first-order valence-electron chi connectivity index (χ1n) is 7.67. The van der Waals surface area contributed by atoms with Crippen molar-refractivity contribution in [3.63, 3.8) is 0 Å². The molecule has 0 aromatic heterocycles. The molecule has 1 fully saturated rings. The summed E-state index contributed by atoms with van der Waals surface area (Å²) < 4.78 is 4.75. The summed E-state index contributed by atoms with van der Waals surface area (Å²) in [5.41, 5.74) is 0.877. The van der Waals surface area contributed by atoms with Crippen molar-refractivity contribution in [3.8, 4) is 0 Å². The normalized spacial score (nSPS) is 17.0. The summed E-state index contributed by atoms with van der Waals surface area (Å²) in [4.78, 5) is 22.5. The first kappa shape index (κ1) is 16.4. The average Bonchev–Trinajstić information content (AvgIpc) is 2.54. The number of aliphatic hydroxyl groups is 1. The number of carbonyl (C=O) groups is 1. The summed E-state index contributed by atoms with van der Waals surface area (Å²) in [5.74, 6) is -0.606. The van der Waals surface area contributed by atoms with Crippen molar-refractivity contribution in [3.05, 3.63) is 39.4 Å². The van der Waals surface area contributed by atoms with Gasteiger partial charge in [-0.2, -0.15) is 0 Å². The minimum atomic E-state index is -1.49. The molecule has 2 rings (SSSR count). The summed E-state index contributed by atoms with van der Waals surface area (Å²) in [6.45, 7) is 1.79. The van der Waals surface area contributed by atoms with E-state index in [9.17, 15) is 20.0 Å². The van der Waals surface area contributed by atoms with Gasteiger partial charge in [0.1, 0.15) is 0 Å². The molecule has 6 heteroatoms. The van der Waals surface area contributed by atoms with Crippen molar-refractivity contribution in [1.29, 1.82) is 0 Å². The van der Waals surface area contributed by atoms with Gasteiger partial charge in [0.25, 0.3) is 5.69 Å². The molecular formula is C16H21NO5. The topological polar surface area (TPSA) is 89.7 Å². The molecule has 0 spiro atoms. The molecule has 1 aliphatic carbocycles. The molecule has 1 aromatic carbocycles. The van der Waals surface area contributed by atoms with Crippen LogP contribution in [0.5, 0.6) is 0 Å². The summed E-state index contributed by atoms with van der Waals surface area (Å²) >= 11 is 0. The number of hydrogen-bond acceptors (Lipinski definition) is 5. The molecule has 1 atom stereocenters. The zero-order chi connectivity index (χ0) is 16.1. The van der Waals surface area contributed by atoms with Crippen LogP contribution in [-0.2, 0) is 9.53 Å². The molecule has 0 heterocycles. The van der Waals surface area contributed by atoms with E-state index in [1.165, 1.54) is 12.5 Å². The largest absolute Gasteiger partial charge is 0.464 e. The summed E-state index contributed by atoms with van der Waals surface area (Å²) in [6.07, 6.45) is 3.73. The predicted octanol–water partition coefficient (Wildman–Crippen LogP) is 3.24. The van der Waals surface area contributed by atoms with Gasteiger partial charge in [0.05, 0.1) is 11.5 Å². The highest BCUT2D eigenvalue weighted by Crippen LogP contribution is 2.38. The highest BCUT2D eigenvalue weighted by molar-refractivity contribution is 5.76. The number of rotatable bonds is 5. The van der Waals surface area contributed by atoms with Crippen LogP contribution in [0, 0.1) is 10.1 Å². The Morgan fingerprint density at radius 1 is 1.41 bits per heavy atom. The quantitative estimate of drug-likeness (QED) is 0.512. The molecule has 1 aliphatic rings. The van der Waals surface area contributed by atoms with Gasteiger partial charge in [0, 0.05) is 11.6 Å². The van der Waals surface area contributed by atoms with Crippen molar-refractivity contribution in [1.82, 2.24) is 0 Å². The summed E-state index contributed by atoms with van der Waals surface area (Å²) in [7, 11) is 0. The van der Waals surface area contributed by atoms with Gasteiger partial charge in [-0.05, 0) is 31.2 Å². The second-order valence-electron chi connectivity index (χ2n) is 5.56. The van der Waals surface area contributed by atoms with Crippen LogP contribution in [0.1, 0.15) is 62.2 Å². The number of nitrogens with zero attached hydrogens (tertiary/aromatic N) is 1. The van der Waals surface area contributed by atoms with Crippen molar-refractivity contribution in [2.24, 2.45) is 0 Å². The number of nitro groups is 1. The molecule has 6 nitrogen and oxygen atoms in total. The van der Waals surface area contributed by atoms with Crippen LogP contribution in [-0.4, -0.2) is 22.6 Å². The average molecular weight is 307 g/mol. The second-order valence-corrected chi connectivity index (χ2v) is 5.56. The van der Waals surface area contributed by atoms with Crippen LogP contribution in [0.15, 0.2) is 18.2 Å². The van der Waals surface area contributed by atoms with Gasteiger partial charge in [-0.1, -0.05) is 31.4 Å². The monoisotopic (exact) mass is 307 g/mol. The number of aliphatic hydroxyl groups excluding tert-OH is 1. The van der Waals surface area contributed by atoms with E-state index in [0.29, 0.717) is 5.56 Å². The first-order valence-corrected chi connectivity index (χ1v) is 7.67. The Hall–Kier alpha value is -1.95. The van der Waals surface area contributed by atoms with E-state index in [2.05, 4.69) is 0 Å². The lowest BCUT2D eigenvalue weighted by atomic mass is 9.83. The Bertz CT molecular complexity index is 551. The molecule has 0 amide bonds. The fourth-order valence-electron chi connectivity index (χ4n) is 3.00. The Kier molecular flexibility index (Phi) is 5.49. The molecule has 0 saturated heterocycles. The van der Waals surface area contributed by atoms with Crippen molar-refractivity contribution >= 4 is 11.7 Å². The van der Waals surface area contributed by atoms with Gasteiger partial charge < -0.3 is 9.84 Å². The van der Waals surface area contributed by atoms with Crippen LogP contribution in [0.25, 0.3) is 0 Å². The summed E-state index contributed by atoms with van der Waals surface area (Å²) in [5, 5.41) is 21.3. The Morgan fingerprint density at radius 3 is 2.68 bits per heavy atom. The molecule has 1 N–H and O–H groups in total. The zero-order valence-electron chi connectivity index (χ0n) is 12.7. The number of benzene rings is 1. The number of nitro benzene ring substituents is 1. The van der Waals surface area contributed by atoms with E-state index in [4.69, 9.17) is 4.74 Å². The first-order chi connectivity index (χ1) is 10.5. The Morgan fingerprint density at radius 2 is 2.09 bits per heavy atom. The molecule has 0 bridgehead atoms. The predicted molar refractivity (Wildman–Crippen MR) is 80.5 cm³/mol. The van der Waals surface area contributed by atoms with E-state index >= 15 is 0 Å². The Balaban J connectivity index is 2.30. The fourth-order valence-corrected chi connectivity index (χ4v) is 3.00. The Labute approximate surface area is 129 Å². The van der Waals surface area contributed by atoms with Crippen LogP contribution in [0.3, 0.4) is 0 Å². The molecule has 22 heavy (non-hydrogen) atoms. The molecule has 1 aromatic rings. The second kappa shape index (κ2) is 7.35. The third kappa shape index (κ3) is 3.62. The highest BCUT2D eigenvalue weighted by atomic mass is 16.6. The van der Waals surface area contributed by atoms with Gasteiger partial charge in [-0.3, -0.25) is 10.1 Å². The van der Waals surface area contributed by atoms with E-state index in [1.54, 1.807) is 19.1 Å². The molecule has 120 valence electrons. The number of carbonyl (C=O) groups excluding carboxylic acids is 1.